The summed E-state index contributed by atoms with van der Waals surface area (Å²) in [6.07, 6.45) is 2.29. The molecule has 0 aromatic rings. The first kappa shape index (κ1) is 13.5. The summed E-state index contributed by atoms with van der Waals surface area (Å²) in [6, 6.07) is 0.325. The molecule has 2 unspecified atom stereocenters. The molecule has 0 aromatic carbocycles. The quantitative estimate of drug-likeness (QED) is 0.781. The van der Waals surface area contributed by atoms with Gasteiger partial charge in [-0.05, 0) is 46.1 Å². The second kappa shape index (κ2) is 6.21. The van der Waals surface area contributed by atoms with E-state index >= 15 is 0 Å². The van der Waals surface area contributed by atoms with Crippen molar-refractivity contribution in [1.29, 1.82) is 0 Å². The number of carbonyl (C=O) groups is 1. The standard InChI is InChI=1S/C12H24N2O2/c1-9(2)16-8-12(15)14-7-11(6-13)5-4-10(14)3/h9-11H,4-8,13H2,1-3H3. The topological polar surface area (TPSA) is 55.6 Å². The lowest BCUT2D eigenvalue weighted by Crippen LogP contribution is -2.48. The first-order chi connectivity index (χ1) is 7.54. The van der Waals surface area contributed by atoms with Crippen LogP contribution in [0, 0.1) is 5.92 Å². The number of likely N-dealkylation sites (tertiary alicyclic amines) is 1. The zero-order valence-electron chi connectivity index (χ0n) is 10.6. The molecule has 1 aliphatic rings. The van der Waals surface area contributed by atoms with Crippen LogP contribution in [0.3, 0.4) is 0 Å². The molecule has 4 nitrogen and oxygen atoms in total. The Labute approximate surface area is 98.1 Å². The highest BCUT2D eigenvalue weighted by molar-refractivity contribution is 5.77. The fraction of sp³-hybridized carbons (Fsp3) is 0.917. The summed E-state index contributed by atoms with van der Waals surface area (Å²) in [7, 11) is 0. The predicted octanol–water partition coefficient (Wildman–Crippen LogP) is 0.997. The molecule has 1 amide bonds. The van der Waals surface area contributed by atoms with Gasteiger partial charge in [-0.1, -0.05) is 0 Å². The van der Waals surface area contributed by atoms with Crippen molar-refractivity contribution >= 4 is 5.91 Å². The van der Waals surface area contributed by atoms with Gasteiger partial charge in [0, 0.05) is 12.6 Å². The van der Waals surface area contributed by atoms with Gasteiger partial charge in [-0.2, -0.15) is 0 Å². The SMILES string of the molecule is CC(C)OCC(=O)N1CC(CN)CCC1C. The highest BCUT2D eigenvalue weighted by Gasteiger charge is 2.28. The van der Waals surface area contributed by atoms with Gasteiger partial charge in [0.15, 0.2) is 0 Å². The molecular weight excluding hydrogens is 204 g/mol. The van der Waals surface area contributed by atoms with Crippen LogP contribution in [-0.4, -0.2) is 42.6 Å². The predicted molar refractivity (Wildman–Crippen MR) is 64.0 cm³/mol. The summed E-state index contributed by atoms with van der Waals surface area (Å²) in [5, 5.41) is 0. The summed E-state index contributed by atoms with van der Waals surface area (Å²) < 4.78 is 5.35. The van der Waals surface area contributed by atoms with Gasteiger partial charge in [-0.25, -0.2) is 0 Å². The average Bonchev–Trinajstić information content (AvgIpc) is 2.26. The van der Waals surface area contributed by atoms with Gasteiger partial charge in [0.05, 0.1) is 6.10 Å². The molecule has 0 bridgehead atoms. The highest BCUT2D eigenvalue weighted by atomic mass is 16.5. The Morgan fingerprint density at radius 2 is 2.19 bits per heavy atom. The Kier molecular flexibility index (Phi) is 5.22. The third-order valence-electron chi connectivity index (χ3n) is 3.17. The highest BCUT2D eigenvalue weighted by Crippen LogP contribution is 2.21. The van der Waals surface area contributed by atoms with E-state index < -0.39 is 0 Å². The zero-order chi connectivity index (χ0) is 12.1. The van der Waals surface area contributed by atoms with E-state index in [4.69, 9.17) is 10.5 Å². The Hall–Kier alpha value is -0.610. The molecule has 1 heterocycles. The van der Waals surface area contributed by atoms with E-state index in [0.717, 1.165) is 19.4 Å². The summed E-state index contributed by atoms with van der Waals surface area (Å²) in [5.41, 5.74) is 5.66. The van der Waals surface area contributed by atoms with E-state index in [9.17, 15) is 4.79 Å². The maximum absolute atomic E-state index is 11.9. The van der Waals surface area contributed by atoms with Crippen molar-refractivity contribution in [2.75, 3.05) is 19.7 Å². The van der Waals surface area contributed by atoms with Crippen LogP contribution in [0.25, 0.3) is 0 Å². The van der Waals surface area contributed by atoms with Gasteiger partial charge in [0.2, 0.25) is 5.91 Å². The first-order valence-electron chi connectivity index (χ1n) is 6.15. The fourth-order valence-electron chi connectivity index (χ4n) is 2.04. The lowest BCUT2D eigenvalue weighted by atomic mass is 9.93. The molecule has 94 valence electrons. The fourth-order valence-corrected chi connectivity index (χ4v) is 2.04. The third-order valence-corrected chi connectivity index (χ3v) is 3.17. The van der Waals surface area contributed by atoms with Gasteiger partial charge < -0.3 is 15.4 Å². The molecule has 0 saturated carbocycles. The van der Waals surface area contributed by atoms with E-state index in [1.807, 2.05) is 18.7 Å². The number of nitrogens with zero attached hydrogens (tertiary/aromatic N) is 1. The molecule has 2 N–H and O–H groups in total. The number of piperidine rings is 1. The molecule has 1 rings (SSSR count). The Morgan fingerprint density at radius 3 is 2.75 bits per heavy atom. The molecule has 0 aliphatic carbocycles. The molecule has 0 aromatic heterocycles. The van der Waals surface area contributed by atoms with Gasteiger partial charge in [0.1, 0.15) is 6.61 Å². The minimum Gasteiger partial charge on any atom is -0.369 e. The molecule has 1 saturated heterocycles. The van der Waals surface area contributed by atoms with Crippen molar-refractivity contribution in [3.63, 3.8) is 0 Å². The molecule has 0 radical (unpaired) electrons. The molecule has 16 heavy (non-hydrogen) atoms. The Balaban J connectivity index is 2.45. The van der Waals surface area contributed by atoms with Crippen LogP contribution in [0.5, 0.6) is 0 Å². The van der Waals surface area contributed by atoms with E-state index in [0.29, 0.717) is 18.5 Å². The monoisotopic (exact) mass is 228 g/mol. The Bertz CT molecular complexity index is 231. The lowest BCUT2D eigenvalue weighted by Gasteiger charge is -2.37. The van der Waals surface area contributed by atoms with E-state index in [1.54, 1.807) is 0 Å². The second-order valence-electron chi connectivity index (χ2n) is 4.93. The van der Waals surface area contributed by atoms with E-state index in [2.05, 4.69) is 6.92 Å². The van der Waals surface area contributed by atoms with Crippen LogP contribution >= 0.6 is 0 Å². The molecule has 1 fully saturated rings. The van der Waals surface area contributed by atoms with Crippen LogP contribution in [0.2, 0.25) is 0 Å². The van der Waals surface area contributed by atoms with Crippen molar-refractivity contribution in [3.05, 3.63) is 0 Å². The molecule has 2 atom stereocenters. The van der Waals surface area contributed by atoms with Crippen LogP contribution in [-0.2, 0) is 9.53 Å². The van der Waals surface area contributed by atoms with Gasteiger partial charge in [0.25, 0.3) is 0 Å². The smallest absolute Gasteiger partial charge is 0.248 e. The van der Waals surface area contributed by atoms with Crippen LogP contribution in [0.15, 0.2) is 0 Å². The molecular formula is C12H24N2O2. The zero-order valence-corrected chi connectivity index (χ0v) is 10.6. The summed E-state index contributed by atoms with van der Waals surface area (Å²) in [5.74, 6) is 0.554. The van der Waals surface area contributed by atoms with Crippen molar-refractivity contribution in [2.45, 2.75) is 45.8 Å². The summed E-state index contributed by atoms with van der Waals surface area (Å²) in [6.45, 7) is 7.63. The minimum atomic E-state index is 0.0966. The Morgan fingerprint density at radius 1 is 1.50 bits per heavy atom. The minimum absolute atomic E-state index is 0.0966. The number of hydrogen-bond donors (Lipinski definition) is 1. The van der Waals surface area contributed by atoms with Crippen LogP contribution < -0.4 is 5.73 Å². The van der Waals surface area contributed by atoms with Crippen molar-refractivity contribution in [3.8, 4) is 0 Å². The second-order valence-corrected chi connectivity index (χ2v) is 4.93. The van der Waals surface area contributed by atoms with E-state index in [-0.39, 0.29) is 18.6 Å². The van der Waals surface area contributed by atoms with Crippen molar-refractivity contribution < 1.29 is 9.53 Å². The maximum atomic E-state index is 11.9. The molecule has 1 aliphatic heterocycles. The van der Waals surface area contributed by atoms with Crippen LogP contribution in [0.4, 0.5) is 0 Å². The normalized spacial score (nSPS) is 26.2. The van der Waals surface area contributed by atoms with Gasteiger partial charge >= 0.3 is 0 Å². The van der Waals surface area contributed by atoms with Crippen molar-refractivity contribution in [1.82, 2.24) is 4.90 Å². The van der Waals surface area contributed by atoms with Gasteiger partial charge in [-0.3, -0.25) is 4.79 Å². The number of rotatable bonds is 4. The summed E-state index contributed by atoms with van der Waals surface area (Å²) in [4.78, 5) is 13.9. The van der Waals surface area contributed by atoms with Crippen LogP contribution in [0.1, 0.15) is 33.6 Å². The van der Waals surface area contributed by atoms with Crippen molar-refractivity contribution in [2.24, 2.45) is 11.7 Å². The maximum Gasteiger partial charge on any atom is 0.248 e. The number of hydrogen-bond acceptors (Lipinski definition) is 3. The first-order valence-corrected chi connectivity index (χ1v) is 6.15. The average molecular weight is 228 g/mol. The van der Waals surface area contributed by atoms with E-state index in [1.165, 1.54) is 0 Å². The summed E-state index contributed by atoms with van der Waals surface area (Å²) >= 11 is 0. The largest absolute Gasteiger partial charge is 0.369 e. The molecule has 0 spiro atoms. The number of nitrogens with two attached hydrogens (primary N) is 1. The lowest BCUT2D eigenvalue weighted by molar-refractivity contribution is -0.141. The number of amides is 1. The number of ether oxygens (including phenoxy) is 1. The molecule has 4 heteroatoms. The third kappa shape index (κ3) is 3.76. The van der Waals surface area contributed by atoms with Gasteiger partial charge in [-0.15, -0.1) is 0 Å². The number of carbonyl (C=O) groups excluding carboxylic acids is 1.